The molecule has 4 rings (SSSR count). The molecule has 3 N–H and O–H groups in total. The van der Waals surface area contributed by atoms with Crippen LogP contribution in [0, 0.1) is 6.92 Å². The topological polar surface area (TPSA) is 104 Å². The van der Waals surface area contributed by atoms with E-state index < -0.39 is 0 Å². The van der Waals surface area contributed by atoms with Gasteiger partial charge in [-0.05, 0) is 38.0 Å². The summed E-state index contributed by atoms with van der Waals surface area (Å²) >= 11 is 0. The Hall–Kier alpha value is -2.80. The minimum absolute atomic E-state index is 0.165. The van der Waals surface area contributed by atoms with Gasteiger partial charge in [0.25, 0.3) is 5.91 Å². The average Bonchev–Trinajstić information content (AvgIpc) is 3.37. The van der Waals surface area contributed by atoms with E-state index in [4.69, 9.17) is 10.1 Å². The lowest BCUT2D eigenvalue weighted by atomic mass is 10.0. The summed E-state index contributed by atoms with van der Waals surface area (Å²) in [5, 5.41) is 19.3. The van der Waals surface area contributed by atoms with Crippen LogP contribution in [0.5, 0.6) is 0 Å². The molecule has 1 aliphatic carbocycles. The van der Waals surface area contributed by atoms with Crippen LogP contribution in [0.15, 0.2) is 24.3 Å². The molecule has 0 unspecified atom stereocenters. The summed E-state index contributed by atoms with van der Waals surface area (Å²) in [6, 6.07) is 7.89. The van der Waals surface area contributed by atoms with Crippen LogP contribution in [0.2, 0.25) is 0 Å². The number of aryl methyl sites for hydroxylation is 1. The van der Waals surface area contributed by atoms with E-state index in [2.05, 4.69) is 20.5 Å². The highest BCUT2D eigenvalue weighted by molar-refractivity contribution is 6.06. The number of nitrogens with one attached hydrogen (secondary N) is 2. The van der Waals surface area contributed by atoms with Gasteiger partial charge in [-0.2, -0.15) is 5.10 Å². The van der Waals surface area contributed by atoms with Crippen LogP contribution >= 0.6 is 0 Å². The summed E-state index contributed by atoms with van der Waals surface area (Å²) in [4.78, 5) is 21.6. The number of hydrogen-bond acceptors (Lipinski definition) is 5. The first-order valence-electron chi connectivity index (χ1n) is 8.34. The van der Waals surface area contributed by atoms with Crippen molar-refractivity contribution in [2.24, 2.45) is 0 Å². The largest absolute Gasteiger partial charge is 0.388 e. The Kier molecular flexibility index (Phi) is 3.93. The van der Waals surface area contributed by atoms with E-state index in [1.54, 1.807) is 0 Å². The monoisotopic (exact) mass is 337 g/mol. The van der Waals surface area contributed by atoms with Crippen molar-refractivity contribution >= 4 is 16.8 Å². The molecule has 1 aliphatic rings. The van der Waals surface area contributed by atoms with Gasteiger partial charge in [0.2, 0.25) is 0 Å². The van der Waals surface area contributed by atoms with Crippen LogP contribution < -0.4 is 5.32 Å². The number of H-pyrrole nitrogens is 1. The molecule has 1 amide bonds. The molecule has 1 aromatic carbocycles. The normalized spacial score (nSPS) is 14.0. The molecule has 7 heteroatoms. The van der Waals surface area contributed by atoms with Gasteiger partial charge >= 0.3 is 0 Å². The summed E-state index contributed by atoms with van der Waals surface area (Å²) in [5.41, 5.74) is 3.56. The van der Waals surface area contributed by atoms with Crippen LogP contribution in [-0.4, -0.2) is 31.2 Å². The molecule has 2 aromatic heterocycles. The third-order valence-corrected chi connectivity index (χ3v) is 4.36. The van der Waals surface area contributed by atoms with E-state index in [0.717, 1.165) is 35.0 Å². The molecule has 0 aliphatic heterocycles. The number of hydrogen-bond donors (Lipinski definition) is 3. The first-order chi connectivity index (χ1) is 12.1. The van der Waals surface area contributed by atoms with Crippen molar-refractivity contribution in [2.45, 2.75) is 38.8 Å². The lowest BCUT2D eigenvalue weighted by Gasteiger charge is -2.10. The van der Waals surface area contributed by atoms with Gasteiger partial charge in [0.15, 0.2) is 5.82 Å². The second kappa shape index (κ2) is 6.25. The molecule has 0 bridgehead atoms. The number of carbonyl (C=O) groups excluding carboxylic acids is 1. The van der Waals surface area contributed by atoms with E-state index in [9.17, 15) is 4.79 Å². The number of benzene rings is 1. The fourth-order valence-electron chi connectivity index (χ4n) is 2.88. The summed E-state index contributed by atoms with van der Waals surface area (Å²) < 4.78 is 0. The predicted molar refractivity (Wildman–Crippen MR) is 91.9 cm³/mol. The van der Waals surface area contributed by atoms with E-state index >= 15 is 0 Å². The summed E-state index contributed by atoms with van der Waals surface area (Å²) in [5.74, 6) is 1.13. The van der Waals surface area contributed by atoms with Crippen molar-refractivity contribution in [3.63, 3.8) is 0 Å². The van der Waals surface area contributed by atoms with Crippen molar-refractivity contribution in [1.29, 1.82) is 0 Å². The molecule has 0 spiro atoms. The van der Waals surface area contributed by atoms with E-state index in [1.807, 2.05) is 31.2 Å². The number of fused-ring (bicyclic) bond motifs is 1. The Morgan fingerprint density at radius 3 is 2.88 bits per heavy atom. The summed E-state index contributed by atoms with van der Waals surface area (Å²) in [6.45, 7) is 1.99. The van der Waals surface area contributed by atoms with Crippen LogP contribution in [0.25, 0.3) is 10.9 Å². The smallest absolute Gasteiger partial charge is 0.252 e. The third-order valence-electron chi connectivity index (χ3n) is 4.36. The number of carbonyl (C=O) groups is 1. The highest BCUT2D eigenvalue weighted by Gasteiger charge is 2.27. The molecule has 0 radical (unpaired) electrons. The van der Waals surface area contributed by atoms with Gasteiger partial charge in [0.1, 0.15) is 12.4 Å². The van der Waals surface area contributed by atoms with Crippen molar-refractivity contribution in [2.75, 3.05) is 0 Å². The Bertz CT molecular complexity index is 946. The maximum atomic E-state index is 12.8. The highest BCUT2D eigenvalue weighted by Crippen LogP contribution is 2.40. The fraction of sp³-hybridized carbons (Fsp3) is 0.333. The molecule has 1 saturated carbocycles. The number of aliphatic hydroxyl groups is 1. The average molecular weight is 337 g/mol. The minimum atomic E-state index is -0.233. The molecular weight excluding hydrogens is 318 g/mol. The van der Waals surface area contributed by atoms with Crippen molar-refractivity contribution < 1.29 is 9.90 Å². The lowest BCUT2D eigenvalue weighted by molar-refractivity contribution is 0.0951. The van der Waals surface area contributed by atoms with Crippen molar-refractivity contribution in [3.8, 4) is 0 Å². The number of aromatic amines is 1. The van der Waals surface area contributed by atoms with Crippen molar-refractivity contribution in [3.05, 3.63) is 52.7 Å². The second-order valence-electron chi connectivity index (χ2n) is 6.43. The molecular formula is C18H19N5O2. The number of aromatic nitrogens is 4. The molecule has 7 nitrogen and oxygen atoms in total. The molecule has 2 heterocycles. The number of nitrogens with zero attached hydrogens (tertiary/aromatic N) is 3. The Morgan fingerprint density at radius 1 is 1.32 bits per heavy atom. The molecule has 1 fully saturated rings. The van der Waals surface area contributed by atoms with Gasteiger partial charge in [-0.3, -0.25) is 14.9 Å². The van der Waals surface area contributed by atoms with E-state index in [-0.39, 0.29) is 19.1 Å². The maximum Gasteiger partial charge on any atom is 0.252 e. The molecule has 25 heavy (non-hydrogen) atoms. The van der Waals surface area contributed by atoms with Crippen LogP contribution in [0.4, 0.5) is 0 Å². The van der Waals surface area contributed by atoms with Crippen molar-refractivity contribution in [1.82, 2.24) is 25.5 Å². The Labute approximate surface area is 144 Å². The Morgan fingerprint density at radius 2 is 2.16 bits per heavy atom. The number of amides is 1. The van der Waals surface area contributed by atoms with Crippen LogP contribution in [0.3, 0.4) is 0 Å². The molecule has 128 valence electrons. The van der Waals surface area contributed by atoms with Crippen LogP contribution in [-0.2, 0) is 13.2 Å². The highest BCUT2D eigenvalue weighted by atomic mass is 16.3. The maximum absolute atomic E-state index is 12.8. The first-order valence-corrected chi connectivity index (χ1v) is 8.34. The standard InChI is InChI=1S/C18H19N5O2/c1-10-2-5-14-12(6-10)13(7-15(20-14)11-3-4-11)18(25)19-8-16-21-17(9-24)23-22-16/h2,5-7,11,24H,3-4,8-9H2,1H3,(H,19,25)(H,21,22,23). The van der Waals surface area contributed by atoms with Gasteiger partial charge in [0.05, 0.1) is 17.6 Å². The first kappa shape index (κ1) is 15.7. The number of pyridine rings is 1. The molecule has 0 atom stereocenters. The van der Waals surface area contributed by atoms with Gasteiger partial charge in [0, 0.05) is 17.0 Å². The predicted octanol–water partition coefficient (Wildman–Crippen LogP) is 1.96. The van der Waals surface area contributed by atoms with Gasteiger partial charge in [-0.15, -0.1) is 0 Å². The van der Waals surface area contributed by atoms with E-state index in [1.165, 1.54) is 0 Å². The second-order valence-corrected chi connectivity index (χ2v) is 6.43. The zero-order valence-electron chi connectivity index (χ0n) is 13.9. The van der Waals surface area contributed by atoms with Crippen LogP contribution in [0.1, 0.15) is 52.0 Å². The Balaban J connectivity index is 1.63. The third kappa shape index (κ3) is 3.23. The molecule has 0 saturated heterocycles. The quantitative estimate of drug-likeness (QED) is 0.660. The van der Waals surface area contributed by atoms with E-state index in [0.29, 0.717) is 23.1 Å². The number of rotatable bonds is 5. The van der Waals surface area contributed by atoms with Gasteiger partial charge in [-0.25, -0.2) is 4.98 Å². The fourth-order valence-corrected chi connectivity index (χ4v) is 2.88. The SMILES string of the molecule is Cc1ccc2nc(C3CC3)cc(C(=O)NCc3nc(CO)n[nH]3)c2c1. The minimum Gasteiger partial charge on any atom is -0.388 e. The lowest BCUT2D eigenvalue weighted by Crippen LogP contribution is -2.24. The van der Waals surface area contributed by atoms with Gasteiger partial charge < -0.3 is 10.4 Å². The zero-order chi connectivity index (χ0) is 17.4. The zero-order valence-corrected chi connectivity index (χ0v) is 13.9. The summed E-state index contributed by atoms with van der Waals surface area (Å²) in [6.07, 6.45) is 2.26. The molecule has 3 aromatic rings. The summed E-state index contributed by atoms with van der Waals surface area (Å²) in [7, 11) is 0. The van der Waals surface area contributed by atoms with Gasteiger partial charge in [-0.1, -0.05) is 11.6 Å². The number of aliphatic hydroxyl groups excluding tert-OH is 1.